The van der Waals surface area contributed by atoms with Crippen molar-refractivity contribution < 1.29 is 9.18 Å². The van der Waals surface area contributed by atoms with Crippen molar-refractivity contribution in [1.82, 2.24) is 14.8 Å². The predicted octanol–water partition coefficient (Wildman–Crippen LogP) is 5.09. The van der Waals surface area contributed by atoms with Crippen molar-refractivity contribution in [3.05, 3.63) is 96.1 Å². The Morgan fingerprint density at radius 2 is 1.74 bits per heavy atom. The van der Waals surface area contributed by atoms with Gasteiger partial charge in [-0.15, -0.1) is 10.2 Å². The van der Waals surface area contributed by atoms with Crippen LogP contribution >= 0.6 is 11.8 Å². The normalized spacial score (nSPS) is 12.9. The van der Waals surface area contributed by atoms with Crippen LogP contribution in [0.5, 0.6) is 0 Å². The molecule has 1 aliphatic heterocycles. The third-order valence-electron chi connectivity index (χ3n) is 5.75. The molecule has 0 unspecified atom stereocenters. The third-order valence-corrected chi connectivity index (χ3v) is 6.66. The number of thioether (sulfide) groups is 1. The molecule has 0 bridgehead atoms. The standard InChI is InChI=1S/C26H24FN5OS/c27-20-12-14-21(15-13-20)28-17-24-29-30-26(32(24)22-9-2-1-3-10-22)34-18-25(33)31-16-6-8-19-7-4-5-11-23(19)31/h1-5,7,9-15,28H,6,8,16-18H2. The van der Waals surface area contributed by atoms with Gasteiger partial charge in [0.1, 0.15) is 5.82 Å². The number of carbonyl (C=O) groups excluding carboxylic acids is 1. The van der Waals surface area contributed by atoms with Crippen LogP contribution in [0.2, 0.25) is 0 Å². The zero-order chi connectivity index (χ0) is 23.3. The highest BCUT2D eigenvalue weighted by Gasteiger charge is 2.23. The topological polar surface area (TPSA) is 63.1 Å². The second-order valence-electron chi connectivity index (χ2n) is 8.00. The Bertz CT molecular complexity index is 1280. The predicted molar refractivity (Wildman–Crippen MR) is 133 cm³/mol. The SMILES string of the molecule is O=C(CSc1nnc(CNc2ccc(F)cc2)n1-c1ccccc1)N1CCCc2ccccc21. The first-order valence-electron chi connectivity index (χ1n) is 11.2. The van der Waals surface area contributed by atoms with E-state index in [1.165, 1.54) is 29.5 Å². The van der Waals surface area contributed by atoms with E-state index in [1.54, 1.807) is 12.1 Å². The number of aromatic nitrogens is 3. The Kier molecular flexibility index (Phi) is 6.58. The summed E-state index contributed by atoms with van der Waals surface area (Å²) in [5, 5.41) is 12.7. The molecule has 0 radical (unpaired) electrons. The first kappa shape index (κ1) is 22.2. The maximum Gasteiger partial charge on any atom is 0.237 e. The van der Waals surface area contributed by atoms with E-state index in [4.69, 9.17) is 0 Å². The van der Waals surface area contributed by atoms with Crippen molar-refractivity contribution in [2.45, 2.75) is 24.5 Å². The number of para-hydroxylation sites is 2. The molecule has 172 valence electrons. The molecule has 0 atom stereocenters. The molecule has 1 N–H and O–H groups in total. The van der Waals surface area contributed by atoms with Gasteiger partial charge in [0, 0.05) is 23.6 Å². The highest BCUT2D eigenvalue weighted by Crippen LogP contribution is 2.29. The minimum Gasteiger partial charge on any atom is -0.378 e. The molecule has 0 fully saturated rings. The second kappa shape index (κ2) is 10.1. The van der Waals surface area contributed by atoms with Gasteiger partial charge in [0.05, 0.1) is 12.3 Å². The molecule has 0 aliphatic carbocycles. The molecule has 8 heteroatoms. The maximum absolute atomic E-state index is 13.2. The van der Waals surface area contributed by atoms with Crippen LogP contribution in [0.15, 0.2) is 84.0 Å². The highest BCUT2D eigenvalue weighted by atomic mass is 32.2. The second-order valence-corrected chi connectivity index (χ2v) is 8.94. The van der Waals surface area contributed by atoms with Crippen LogP contribution < -0.4 is 10.2 Å². The van der Waals surface area contributed by atoms with E-state index in [0.717, 1.165) is 36.4 Å². The van der Waals surface area contributed by atoms with Crippen LogP contribution in [0.4, 0.5) is 15.8 Å². The number of anilines is 2. The number of aryl methyl sites for hydroxylation is 1. The van der Waals surface area contributed by atoms with Gasteiger partial charge in [0.15, 0.2) is 11.0 Å². The fourth-order valence-electron chi connectivity index (χ4n) is 4.09. The molecule has 4 aromatic rings. The Hall–Kier alpha value is -3.65. The van der Waals surface area contributed by atoms with Crippen LogP contribution in [0.3, 0.4) is 0 Å². The van der Waals surface area contributed by atoms with Crippen molar-refractivity contribution in [3.8, 4) is 5.69 Å². The van der Waals surface area contributed by atoms with E-state index in [9.17, 15) is 9.18 Å². The summed E-state index contributed by atoms with van der Waals surface area (Å²) in [7, 11) is 0. The number of nitrogens with zero attached hydrogens (tertiary/aromatic N) is 4. The fraction of sp³-hybridized carbons (Fsp3) is 0.192. The van der Waals surface area contributed by atoms with Crippen LogP contribution in [0.1, 0.15) is 17.8 Å². The number of hydrogen-bond donors (Lipinski definition) is 1. The van der Waals surface area contributed by atoms with Gasteiger partial charge in [-0.3, -0.25) is 9.36 Å². The quantitative estimate of drug-likeness (QED) is 0.379. The van der Waals surface area contributed by atoms with E-state index in [0.29, 0.717) is 17.5 Å². The average Bonchev–Trinajstić information content (AvgIpc) is 3.30. The van der Waals surface area contributed by atoms with E-state index in [-0.39, 0.29) is 17.5 Å². The van der Waals surface area contributed by atoms with E-state index < -0.39 is 0 Å². The number of amides is 1. The molecule has 5 rings (SSSR count). The number of carbonyl (C=O) groups is 1. The number of benzene rings is 3. The number of fused-ring (bicyclic) bond motifs is 1. The molecule has 1 aromatic heterocycles. The van der Waals surface area contributed by atoms with Crippen molar-refractivity contribution in [1.29, 1.82) is 0 Å². The molecule has 2 heterocycles. The summed E-state index contributed by atoms with van der Waals surface area (Å²) < 4.78 is 15.2. The zero-order valence-corrected chi connectivity index (χ0v) is 19.3. The van der Waals surface area contributed by atoms with Crippen molar-refractivity contribution in [3.63, 3.8) is 0 Å². The lowest BCUT2D eigenvalue weighted by molar-refractivity contribution is -0.116. The first-order valence-corrected chi connectivity index (χ1v) is 12.2. The smallest absolute Gasteiger partial charge is 0.237 e. The molecule has 1 amide bonds. The molecule has 0 spiro atoms. The van der Waals surface area contributed by atoms with Gasteiger partial charge in [-0.25, -0.2) is 4.39 Å². The molecule has 3 aromatic carbocycles. The first-order chi connectivity index (χ1) is 16.7. The lowest BCUT2D eigenvalue weighted by Crippen LogP contribution is -2.36. The van der Waals surface area contributed by atoms with Gasteiger partial charge in [0.2, 0.25) is 5.91 Å². The summed E-state index contributed by atoms with van der Waals surface area (Å²) in [6.07, 6.45) is 1.96. The monoisotopic (exact) mass is 473 g/mol. The summed E-state index contributed by atoms with van der Waals surface area (Å²) >= 11 is 1.38. The molecule has 0 saturated heterocycles. The molecule has 1 aliphatic rings. The highest BCUT2D eigenvalue weighted by molar-refractivity contribution is 7.99. The van der Waals surface area contributed by atoms with E-state index in [2.05, 4.69) is 21.6 Å². The van der Waals surface area contributed by atoms with E-state index >= 15 is 0 Å². The van der Waals surface area contributed by atoms with E-state index in [1.807, 2.05) is 58.0 Å². The lowest BCUT2D eigenvalue weighted by atomic mass is 10.0. The van der Waals surface area contributed by atoms with Gasteiger partial charge < -0.3 is 10.2 Å². The summed E-state index contributed by atoms with van der Waals surface area (Å²) in [5.74, 6) is 0.752. The largest absolute Gasteiger partial charge is 0.378 e. The summed E-state index contributed by atoms with van der Waals surface area (Å²) in [6, 6.07) is 24.1. The van der Waals surface area contributed by atoms with Gasteiger partial charge in [0.25, 0.3) is 0 Å². The van der Waals surface area contributed by atoms with Crippen molar-refractivity contribution in [2.24, 2.45) is 0 Å². The average molecular weight is 474 g/mol. The molecule has 0 saturated carbocycles. The Morgan fingerprint density at radius 3 is 2.56 bits per heavy atom. The molecular weight excluding hydrogens is 449 g/mol. The van der Waals surface area contributed by atoms with Crippen molar-refractivity contribution in [2.75, 3.05) is 22.5 Å². The molecular formula is C26H24FN5OS. The van der Waals surface area contributed by atoms with Gasteiger partial charge in [-0.2, -0.15) is 0 Å². The van der Waals surface area contributed by atoms with Gasteiger partial charge >= 0.3 is 0 Å². The van der Waals surface area contributed by atoms with Crippen LogP contribution in [-0.2, 0) is 17.8 Å². The van der Waals surface area contributed by atoms with Crippen molar-refractivity contribution >= 4 is 29.0 Å². The zero-order valence-electron chi connectivity index (χ0n) is 18.5. The minimum absolute atomic E-state index is 0.0609. The summed E-state index contributed by atoms with van der Waals surface area (Å²) in [5.41, 5.74) is 3.93. The molecule has 6 nitrogen and oxygen atoms in total. The van der Waals surface area contributed by atoms with Crippen LogP contribution in [0.25, 0.3) is 5.69 Å². The van der Waals surface area contributed by atoms with Gasteiger partial charge in [-0.1, -0.05) is 48.2 Å². The number of hydrogen-bond acceptors (Lipinski definition) is 5. The van der Waals surface area contributed by atoms with Crippen LogP contribution in [0, 0.1) is 5.82 Å². The fourth-order valence-corrected chi connectivity index (χ4v) is 4.94. The number of rotatable bonds is 7. The third kappa shape index (κ3) is 4.82. The Morgan fingerprint density at radius 1 is 0.971 bits per heavy atom. The number of nitrogens with one attached hydrogen (secondary N) is 1. The molecule has 34 heavy (non-hydrogen) atoms. The van der Waals surface area contributed by atoms with Crippen LogP contribution in [-0.4, -0.2) is 33.0 Å². The summed E-state index contributed by atoms with van der Waals surface area (Å²) in [6.45, 7) is 1.14. The van der Waals surface area contributed by atoms with Gasteiger partial charge in [-0.05, 0) is 60.9 Å². The Labute approximate surface area is 201 Å². The number of halogens is 1. The Balaban J connectivity index is 1.34. The minimum atomic E-state index is -0.280. The summed E-state index contributed by atoms with van der Waals surface area (Å²) in [4.78, 5) is 15.0. The lowest BCUT2D eigenvalue weighted by Gasteiger charge is -2.29. The maximum atomic E-state index is 13.2.